The van der Waals surface area contributed by atoms with Crippen molar-refractivity contribution in [2.75, 3.05) is 13.1 Å². The van der Waals surface area contributed by atoms with Gasteiger partial charge in [-0.15, -0.1) is 11.3 Å². The Morgan fingerprint density at radius 1 is 1.15 bits per heavy atom. The minimum atomic E-state index is -0.0436. The number of nitrogens with one attached hydrogen (secondary N) is 1. The molecule has 1 aliphatic rings. The van der Waals surface area contributed by atoms with Gasteiger partial charge in [0.1, 0.15) is 10.8 Å². The quantitative estimate of drug-likeness (QED) is 0.736. The molecule has 1 N–H and O–H groups in total. The van der Waals surface area contributed by atoms with Crippen LogP contribution in [0.5, 0.6) is 0 Å². The van der Waals surface area contributed by atoms with Crippen LogP contribution in [0.25, 0.3) is 0 Å². The average Bonchev–Trinajstić information content (AvgIpc) is 3.17. The smallest absolute Gasteiger partial charge is 0.317 e. The van der Waals surface area contributed by atoms with E-state index < -0.39 is 0 Å². The Morgan fingerprint density at radius 2 is 1.89 bits per heavy atom. The summed E-state index contributed by atoms with van der Waals surface area (Å²) in [6, 6.07) is 10.1. The molecule has 0 bridgehead atoms. The third-order valence-corrected chi connectivity index (χ3v) is 6.25. The standard InChI is InChI=1S/C20H25N5OS/c1-14-15(2)27-18(22-14)13-25-20(26)24(12-16-6-4-3-5-7-16)19(23-25)17-8-10-21-11-9-17/h3-7,17,21H,8-13H2,1-2H3. The van der Waals surface area contributed by atoms with E-state index in [1.165, 1.54) is 4.88 Å². The molecule has 0 radical (unpaired) electrons. The lowest BCUT2D eigenvalue weighted by Gasteiger charge is -2.22. The minimum Gasteiger partial charge on any atom is -0.317 e. The van der Waals surface area contributed by atoms with Gasteiger partial charge in [-0.2, -0.15) is 5.10 Å². The summed E-state index contributed by atoms with van der Waals surface area (Å²) in [5.74, 6) is 1.24. The molecule has 7 heteroatoms. The number of benzene rings is 1. The molecule has 3 aromatic rings. The van der Waals surface area contributed by atoms with Gasteiger partial charge in [-0.3, -0.25) is 4.57 Å². The van der Waals surface area contributed by atoms with Crippen LogP contribution in [-0.2, 0) is 13.1 Å². The fraction of sp³-hybridized carbons (Fsp3) is 0.450. The van der Waals surface area contributed by atoms with Crippen LogP contribution in [0.15, 0.2) is 35.1 Å². The van der Waals surface area contributed by atoms with Crippen LogP contribution in [0.1, 0.15) is 45.7 Å². The summed E-state index contributed by atoms with van der Waals surface area (Å²) in [5.41, 5.74) is 2.11. The highest BCUT2D eigenvalue weighted by Gasteiger charge is 2.24. The second-order valence-electron chi connectivity index (χ2n) is 7.14. The van der Waals surface area contributed by atoms with E-state index in [-0.39, 0.29) is 5.69 Å². The zero-order valence-electron chi connectivity index (χ0n) is 15.8. The minimum absolute atomic E-state index is 0.0436. The van der Waals surface area contributed by atoms with E-state index in [1.807, 2.05) is 29.7 Å². The summed E-state index contributed by atoms with van der Waals surface area (Å²) < 4.78 is 3.46. The molecule has 0 spiro atoms. The predicted octanol–water partition coefficient (Wildman–Crippen LogP) is 2.68. The van der Waals surface area contributed by atoms with E-state index in [1.54, 1.807) is 16.0 Å². The molecule has 3 heterocycles. The highest BCUT2D eigenvalue weighted by atomic mass is 32.1. The maximum absolute atomic E-state index is 13.2. The highest BCUT2D eigenvalue weighted by Crippen LogP contribution is 2.24. The van der Waals surface area contributed by atoms with Gasteiger partial charge in [-0.25, -0.2) is 14.5 Å². The average molecular weight is 384 g/mol. The van der Waals surface area contributed by atoms with Crippen LogP contribution in [0.2, 0.25) is 0 Å². The Balaban J connectivity index is 1.70. The summed E-state index contributed by atoms with van der Waals surface area (Å²) in [6.07, 6.45) is 2.03. The number of piperidine rings is 1. The third-order valence-electron chi connectivity index (χ3n) is 5.20. The number of aryl methyl sites for hydroxylation is 2. The topological polar surface area (TPSA) is 64.7 Å². The van der Waals surface area contributed by atoms with Crippen molar-refractivity contribution in [2.24, 2.45) is 0 Å². The normalized spacial score (nSPS) is 15.3. The Bertz CT molecular complexity index is 947. The van der Waals surface area contributed by atoms with Crippen molar-refractivity contribution < 1.29 is 0 Å². The largest absolute Gasteiger partial charge is 0.346 e. The number of aromatic nitrogens is 4. The molecule has 27 heavy (non-hydrogen) atoms. The van der Waals surface area contributed by atoms with Crippen molar-refractivity contribution in [3.8, 4) is 0 Å². The van der Waals surface area contributed by atoms with Crippen LogP contribution in [-0.4, -0.2) is 32.4 Å². The van der Waals surface area contributed by atoms with Crippen molar-refractivity contribution >= 4 is 11.3 Å². The van der Waals surface area contributed by atoms with Crippen LogP contribution in [0.3, 0.4) is 0 Å². The first-order chi connectivity index (χ1) is 13.1. The number of hydrogen-bond donors (Lipinski definition) is 1. The molecular formula is C20H25N5OS. The molecule has 1 saturated heterocycles. The van der Waals surface area contributed by atoms with Gasteiger partial charge in [0.05, 0.1) is 18.8 Å². The lowest BCUT2D eigenvalue weighted by Crippen LogP contribution is -2.30. The van der Waals surface area contributed by atoms with E-state index >= 15 is 0 Å². The molecule has 0 aliphatic carbocycles. The van der Waals surface area contributed by atoms with Crippen molar-refractivity contribution in [3.05, 3.63) is 67.8 Å². The maximum Gasteiger partial charge on any atom is 0.346 e. The van der Waals surface area contributed by atoms with E-state index in [0.717, 1.165) is 48.0 Å². The molecular weight excluding hydrogens is 358 g/mol. The Morgan fingerprint density at radius 3 is 2.56 bits per heavy atom. The van der Waals surface area contributed by atoms with Gasteiger partial charge < -0.3 is 5.32 Å². The summed E-state index contributed by atoms with van der Waals surface area (Å²) in [5, 5.41) is 9.10. The zero-order valence-corrected chi connectivity index (χ0v) is 16.6. The number of nitrogens with zero attached hydrogens (tertiary/aromatic N) is 4. The van der Waals surface area contributed by atoms with Gasteiger partial charge in [0.15, 0.2) is 0 Å². The summed E-state index contributed by atoms with van der Waals surface area (Å²) in [6.45, 7) is 7.02. The second-order valence-corrected chi connectivity index (χ2v) is 8.43. The van der Waals surface area contributed by atoms with Crippen molar-refractivity contribution in [1.82, 2.24) is 24.6 Å². The van der Waals surface area contributed by atoms with Gasteiger partial charge in [0, 0.05) is 10.8 Å². The molecule has 6 nitrogen and oxygen atoms in total. The summed E-state index contributed by atoms with van der Waals surface area (Å²) in [7, 11) is 0. The van der Waals surface area contributed by atoms with Crippen molar-refractivity contribution in [2.45, 2.75) is 45.7 Å². The number of rotatable bonds is 5. The van der Waals surface area contributed by atoms with Gasteiger partial charge in [-0.1, -0.05) is 30.3 Å². The van der Waals surface area contributed by atoms with Crippen LogP contribution in [0, 0.1) is 13.8 Å². The van der Waals surface area contributed by atoms with E-state index in [0.29, 0.717) is 19.0 Å². The van der Waals surface area contributed by atoms with Crippen LogP contribution in [0.4, 0.5) is 0 Å². The van der Waals surface area contributed by atoms with E-state index in [2.05, 4.69) is 29.4 Å². The molecule has 142 valence electrons. The van der Waals surface area contributed by atoms with Gasteiger partial charge in [-0.05, 0) is 45.3 Å². The summed E-state index contributed by atoms with van der Waals surface area (Å²) >= 11 is 1.64. The maximum atomic E-state index is 13.2. The van der Waals surface area contributed by atoms with Crippen LogP contribution >= 0.6 is 11.3 Å². The second kappa shape index (κ2) is 7.78. The molecule has 1 aliphatic heterocycles. The number of thiazole rings is 1. The lowest BCUT2D eigenvalue weighted by atomic mass is 9.97. The predicted molar refractivity (Wildman–Crippen MR) is 108 cm³/mol. The first-order valence-corrected chi connectivity index (χ1v) is 10.3. The molecule has 0 unspecified atom stereocenters. The SMILES string of the molecule is Cc1nc(Cn2nc(C3CCNCC3)n(Cc3ccccc3)c2=O)sc1C. The fourth-order valence-electron chi connectivity index (χ4n) is 3.59. The molecule has 0 saturated carbocycles. The van der Waals surface area contributed by atoms with Crippen LogP contribution < -0.4 is 11.0 Å². The molecule has 2 aromatic heterocycles. The number of hydrogen-bond acceptors (Lipinski definition) is 5. The first-order valence-electron chi connectivity index (χ1n) is 9.47. The Kier molecular flexibility index (Phi) is 5.22. The molecule has 1 aromatic carbocycles. The van der Waals surface area contributed by atoms with Gasteiger partial charge in [0.25, 0.3) is 0 Å². The fourth-order valence-corrected chi connectivity index (χ4v) is 4.51. The van der Waals surface area contributed by atoms with Crippen molar-refractivity contribution in [3.63, 3.8) is 0 Å². The summed E-state index contributed by atoms with van der Waals surface area (Å²) in [4.78, 5) is 18.9. The van der Waals surface area contributed by atoms with E-state index in [4.69, 9.17) is 5.10 Å². The highest BCUT2D eigenvalue weighted by molar-refractivity contribution is 7.11. The monoisotopic (exact) mass is 383 g/mol. The van der Waals surface area contributed by atoms with E-state index in [9.17, 15) is 4.79 Å². The molecule has 4 rings (SSSR count). The molecule has 0 amide bonds. The molecule has 0 atom stereocenters. The van der Waals surface area contributed by atoms with Gasteiger partial charge >= 0.3 is 5.69 Å². The van der Waals surface area contributed by atoms with Crippen molar-refractivity contribution in [1.29, 1.82) is 0 Å². The third kappa shape index (κ3) is 3.89. The van der Waals surface area contributed by atoms with Gasteiger partial charge in [0.2, 0.25) is 0 Å². The zero-order chi connectivity index (χ0) is 18.8. The lowest BCUT2D eigenvalue weighted by molar-refractivity contribution is 0.430. The molecule has 1 fully saturated rings. The Labute approximate surface area is 162 Å². The Hall–Kier alpha value is -2.25. The first kappa shape index (κ1) is 18.1.